The third-order valence-corrected chi connectivity index (χ3v) is 11.1. The minimum Gasteiger partial charge on any atom is -0.481 e. The summed E-state index contributed by atoms with van der Waals surface area (Å²) in [5, 5.41) is 15.8. The van der Waals surface area contributed by atoms with Gasteiger partial charge < -0.3 is 30.4 Å². The molecule has 6 rings (SSSR count). The van der Waals surface area contributed by atoms with Crippen LogP contribution in [0.2, 0.25) is 0 Å². The zero-order chi connectivity index (χ0) is 32.8. The molecule has 0 aliphatic heterocycles. The number of hydrogen-bond acceptors (Lipinski definition) is 1. The Balaban J connectivity index is 0.000000262. The van der Waals surface area contributed by atoms with E-state index in [2.05, 4.69) is 182 Å². The first-order valence-electron chi connectivity index (χ1n) is 14.7. The third-order valence-electron chi connectivity index (χ3n) is 6.20. The van der Waals surface area contributed by atoms with Gasteiger partial charge in [0.05, 0.1) is 0 Å². The Kier molecular flexibility index (Phi) is 19.2. The molecule has 0 amide bonds. The number of hydrogen-bond donors (Lipinski definition) is 1. The Bertz CT molecular complexity index is 1370. The molecule has 5 heteroatoms. The molecule has 239 valence electrons. The fourth-order valence-corrected chi connectivity index (χ4v) is 8.97. The molecule has 0 heterocycles. The predicted octanol–water partition coefficient (Wildman–Crippen LogP) is 7.94. The van der Waals surface area contributed by atoms with Crippen molar-refractivity contribution in [3.05, 3.63) is 207 Å². The van der Waals surface area contributed by atoms with Crippen molar-refractivity contribution >= 4 is 53.6 Å². The average molecular weight is 829 g/mol. The zero-order valence-electron chi connectivity index (χ0n) is 26.2. The largest absolute Gasteiger partial charge is 0.481 e. The van der Waals surface area contributed by atoms with Crippen LogP contribution in [0.3, 0.4) is 0 Å². The van der Waals surface area contributed by atoms with Crippen molar-refractivity contribution < 1.29 is 30.0 Å². The van der Waals surface area contributed by atoms with Gasteiger partial charge in [0.1, 0.15) is 0 Å². The molecule has 0 spiro atoms. The van der Waals surface area contributed by atoms with E-state index in [0.717, 1.165) is 6.92 Å². The van der Waals surface area contributed by atoms with Gasteiger partial charge in [-0.3, -0.25) is 4.79 Å². The number of aliphatic carboxylic acids is 1. The Labute approximate surface area is 296 Å². The van der Waals surface area contributed by atoms with Crippen LogP contribution in [0.1, 0.15) is 6.92 Å². The number of carboxylic acids is 1. The second-order valence-electron chi connectivity index (χ2n) is 9.59. The van der Waals surface area contributed by atoms with Gasteiger partial charge in [-0.05, 0) is 47.7 Å². The Hall–Kier alpha value is -4.22. The van der Waals surface area contributed by atoms with Crippen molar-refractivity contribution in [1.29, 1.82) is 0 Å². The van der Waals surface area contributed by atoms with Crippen LogP contribution in [0.25, 0.3) is 0 Å². The van der Waals surface area contributed by atoms with Crippen molar-refractivity contribution in [3.8, 4) is 0 Å². The summed E-state index contributed by atoms with van der Waals surface area (Å²) in [5.74, 6) is -0.833. The number of allylic oxidation sites excluding steroid dienone is 2. The molecule has 0 bridgehead atoms. The maximum absolute atomic E-state index is 9.00. The second-order valence-corrected chi connectivity index (χ2v) is 14.0. The molecular weight excluding hydrogens is 791 g/mol. The van der Waals surface area contributed by atoms with E-state index in [1.54, 1.807) is 0 Å². The first-order chi connectivity index (χ1) is 22.5. The maximum Gasteiger partial charge on any atom is 0.300 e. The number of rotatable bonds is 7. The van der Waals surface area contributed by atoms with Gasteiger partial charge in [0.15, 0.2) is 0 Å². The first kappa shape index (κ1) is 39.0. The Morgan fingerprint density at radius 1 is 0.426 bits per heavy atom. The first-order valence-corrected chi connectivity index (χ1v) is 17.4. The fourth-order valence-electron chi connectivity index (χ4n) is 4.36. The Morgan fingerprint density at radius 3 is 0.660 bits per heavy atom. The van der Waals surface area contributed by atoms with E-state index in [0.29, 0.717) is 0 Å². The smallest absolute Gasteiger partial charge is 0.300 e. The van der Waals surface area contributed by atoms with Crippen LogP contribution in [-0.4, -0.2) is 11.1 Å². The van der Waals surface area contributed by atoms with Crippen LogP contribution >= 0.6 is 15.8 Å². The van der Waals surface area contributed by atoms with Gasteiger partial charge in [-0.2, -0.15) is 0 Å². The molecule has 6 aromatic rings. The summed E-state index contributed by atoms with van der Waals surface area (Å²) in [6.07, 6.45) is 2.56. The fraction of sp³-hybridized carbons (Fsp3) is 0.0238. The van der Waals surface area contributed by atoms with E-state index in [-0.39, 0.29) is 20.1 Å². The monoisotopic (exact) mass is 829 g/mol. The van der Waals surface area contributed by atoms with E-state index in [9.17, 15) is 0 Å². The molecule has 0 fully saturated rings. The molecule has 0 saturated heterocycles. The van der Waals surface area contributed by atoms with Gasteiger partial charge >= 0.3 is 0 Å². The molecule has 47 heavy (non-hydrogen) atoms. The summed E-state index contributed by atoms with van der Waals surface area (Å²) in [6, 6.07) is 64.7. The molecule has 0 aromatic heterocycles. The normalized spacial score (nSPS) is 9.51. The molecule has 0 saturated carbocycles. The quantitative estimate of drug-likeness (QED) is 0.101. The van der Waals surface area contributed by atoms with Crippen molar-refractivity contribution in [2.75, 3.05) is 0 Å². The number of carboxylic acid groups (broad SMARTS) is 1. The minimum absolute atomic E-state index is 0. The third kappa shape index (κ3) is 14.0. The van der Waals surface area contributed by atoms with Crippen LogP contribution in [0.5, 0.6) is 0 Å². The van der Waals surface area contributed by atoms with Crippen molar-refractivity contribution in [1.82, 2.24) is 0 Å². The van der Waals surface area contributed by atoms with E-state index in [1.165, 1.54) is 44.0 Å². The van der Waals surface area contributed by atoms with Crippen molar-refractivity contribution in [2.45, 2.75) is 6.92 Å². The molecular formula is C42H38IrO2P2-2. The molecule has 1 radical (unpaired) electrons. The average Bonchev–Trinajstić information content (AvgIpc) is 3.12. The SMILES string of the molecule is CC(=O)O.[CH-]=CC=[CH-].[Ir].c1ccc(P(c2ccccc2)c2ccccc2)cc1.c1ccc(P(c2ccccc2)c2ccccc2)cc1. The van der Waals surface area contributed by atoms with Gasteiger partial charge in [0, 0.05) is 27.0 Å². The van der Waals surface area contributed by atoms with Crippen LogP contribution < -0.4 is 31.8 Å². The summed E-state index contributed by atoms with van der Waals surface area (Å²) in [5.41, 5.74) is 0. The van der Waals surface area contributed by atoms with E-state index in [1.807, 2.05) is 0 Å². The van der Waals surface area contributed by atoms with Crippen LogP contribution in [-0.2, 0) is 24.9 Å². The van der Waals surface area contributed by atoms with Gasteiger partial charge in [-0.1, -0.05) is 182 Å². The van der Waals surface area contributed by atoms with Crippen molar-refractivity contribution in [2.24, 2.45) is 0 Å². The molecule has 0 aliphatic rings. The molecule has 0 unspecified atom stereocenters. The van der Waals surface area contributed by atoms with Crippen LogP contribution in [0.4, 0.5) is 0 Å². The van der Waals surface area contributed by atoms with Crippen LogP contribution in [0, 0.1) is 13.2 Å². The van der Waals surface area contributed by atoms with E-state index in [4.69, 9.17) is 23.1 Å². The summed E-state index contributed by atoms with van der Waals surface area (Å²) < 4.78 is 0. The van der Waals surface area contributed by atoms with E-state index < -0.39 is 21.8 Å². The van der Waals surface area contributed by atoms with Gasteiger partial charge in [0.25, 0.3) is 5.97 Å². The van der Waals surface area contributed by atoms with Crippen molar-refractivity contribution in [3.63, 3.8) is 0 Å². The van der Waals surface area contributed by atoms with E-state index >= 15 is 0 Å². The molecule has 1 N–H and O–H groups in total. The van der Waals surface area contributed by atoms with Gasteiger partial charge in [-0.25, -0.2) is 0 Å². The van der Waals surface area contributed by atoms with Gasteiger partial charge in [0.2, 0.25) is 0 Å². The summed E-state index contributed by atoms with van der Waals surface area (Å²) in [7, 11) is -0.892. The minimum atomic E-state index is -0.833. The molecule has 2 nitrogen and oxygen atoms in total. The van der Waals surface area contributed by atoms with Gasteiger partial charge in [-0.15, -0.1) is 0 Å². The second kappa shape index (κ2) is 23.2. The molecule has 0 aliphatic carbocycles. The molecule has 0 atom stereocenters. The predicted molar refractivity (Wildman–Crippen MR) is 201 cm³/mol. The maximum atomic E-state index is 9.00. The summed E-state index contributed by atoms with van der Waals surface area (Å²) in [6.45, 7) is 10.5. The number of carbonyl (C=O) groups is 1. The molecule has 6 aromatic carbocycles. The van der Waals surface area contributed by atoms with Crippen LogP contribution in [0.15, 0.2) is 194 Å². The summed E-state index contributed by atoms with van der Waals surface area (Å²) >= 11 is 0. The zero-order valence-corrected chi connectivity index (χ0v) is 30.4. The topological polar surface area (TPSA) is 37.3 Å². The Morgan fingerprint density at radius 2 is 0.553 bits per heavy atom. The number of benzene rings is 6. The standard InChI is InChI=1S/2C18H15P.C4H4.C2H4O2.Ir/c2*1-4-10-16(11-5-1)19(17-12-6-2-7-13-17)18-14-8-3-9-15-18;1-3-4-2;1-2(3)4;/h2*1-15H;1-4H;1H3,(H,3,4);/q;;-2;;. The summed E-state index contributed by atoms with van der Waals surface area (Å²) in [4.78, 5) is 9.00.